The molecule has 0 unspecified atom stereocenters. The minimum Gasteiger partial charge on any atom is -0.345 e. The highest BCUT2D eigenvalue weighted by Gasteiger charge is 2.15. The van der Waals surface area contributed by atoms with Crippen LogP contribution < -0.4 is 10.7 Å². The monoisotopic (exact) mass is 433 g/mol. The first-order valence-electron chi connectivity index (χ1n) is 9.68. The average Bonchev–Trinajstić information content (AvgIpc) is 2.77. The van der Waals surface area contributed by atoms with Gasteiger partial charge in [-0.05, 0) is 42.5 Å². The summed E-state index contributed by atoms with van der Waals surface area (Å²) in [5.74, 6) is -0.514. The number of halogens is 1. The lowest BCUT2D eigenvalue weighted by atomic mass is 10.1. The molecule has 31 heavy (non-hydrogen) atoms. The van der Waals surface area contributed by atoms with Crippen molar-refractivity contribution in [3.05, 3.63) is 87.5 Å². The molecule has 0 aliphatic rings. The van der Waals surface area contributed by atoms with E-state index < -0.39 is 0 Å². The molecule has 1 aromatic heterocycles. The number of carbonyl (C=O) groups is 2. The Morgan fingerprint density at radius 1 is 0.935 bits per heavy atom. The average molecular weight is 434 g/mol. The summed E-state index contributed by atoms with van der Waals surface area (Å²) in [5, 5.41) is 4.22. The number of para-hydroxylation sites is 2. The fourth-order valence-electron chi connectivity index (χ4n) is 3.59. The van der Waals surface area contributed by atoms with Crippen LogP contribution in [0.5, 0.6) is 0 Å². The number of amides is 2. The molecule has 1 heterocycles. The fourth-order valence-corrected chi connectivity index (χ4v) is 3.76. The van der Waals surface area contributed by atoms with Crippen molar-refractivity contribution >= 4 is 50.9 Å². The zero-order chi connectivity index (χ0) is 22.1. The van der Waals surface area contributed by atoms with Gasteiger partial charge >= 0.3 is 0 Å². The van der Waals surface area contributed by atoms with Gasteiger partial charge in [-0.3, -0.25) is 14.4 Å². The molecule has 4 rings (SSSR count). The van der Waals surface area contributed by atoms with E-state index in [1.165, 1.54) is 4.90 Å². The van der Waals surface area contributed by atoms with Gasteiger partial charge in [0.2, 0.25) is 5.91 Å². The Morgan fingerprint density at radius 2 is 1.52 bits per heavy atom. The summed E-state index contributed by atoms with van der Waals surface area (Å²) >= 11 is 6.25. The van der Waals surface area contributed by atoms with Crippen molar-refractivity contribution < 1.29 is 9.59 Å². The molecular formula is C24H20ClN3O3. The summed E-state index contributed by atoms with van der Waals surface area (Å²) in [6.07, 6.45) is 0. The van der Waals surface area contributed by atoms with E-state index in [1.54, 1.807) is 56.6 Å². The second kappa shape index (κ2) is 8.24. The molecule has 0 saturated heterocycles. The Bertz CT molecular complexity index is 1330. The molecular weight excluding hydrogens is 414 g/mol. The van der Waals surface area contributed by atoms with Crippen molar-refractivity contribution in [2.75, 3.05) is 19.4 Å². The number of pyridine rings is 1. The molecule has 0 fully saturated rings. The van der Waals surface area contributed by atoms with Gasteiger partial charge < -0.3 is 14.8 Å². The minimum atomic E-state index is -0.324. The van der Waals surface area contributed by atoms with E-state index in [1.807, 2.05) is 28.8 Å². The van der Waals surface area contributed by atoms with Gasteiger partial charge in [-0.15, -0.1) is 0 Å². The van der Waals surface area contributed by atoms with Gasteiger partial charge in [0.05, 0.1) is 21.7 Å². The van der Waals surface area contributed by atoms with Crippen LogP contribution in [-0.4, -0.2) is 35.4 Å². The first-order chi connectivity index (χ1) is 14.9. The Hall–Kier alpha value is -3.64. The maximum atomic E-state index is 13.0. The highest BCUT2D eigenvalue weighted by Crippen LogP contribution is 2.24. The first kappa shape index (κ1) is 20.6. The number of fused-ring (bicyclic) bond motifs is 2. The smallest absolute Gasteiger partial charge is 0.253 e. The van der Waals surface area contributed by atoms with Crippen molar-refractivity contribution in [2.45, 2.75) is 6.54 Å². The van der Waals surface area contributed by atoms with Gasteiger partial charge in [0.1, 0.15) is 6.54 Å². The Morgan fingerprint density at radius 3 is 2.10 bits per heavy atom. The molecule has 1 N–H and O–H groups in total. The topological polar surface area (TPSA) is 71.4 Å². The second-order valence-electron chi connectivity index (χ2n) is 7.39. The molecule has 4 aromatic rings. The van der Waals surface area contributed by atoms with Gasteiger partial charge in [-0.2, -0.15) is 0 Å². The number of nitrogens with one attached hydrogen (secondary N) is 1. The summed E-state index contributed by atoms with van der Waals surface area (Å²) in [7, 11) is 3.31. The van der Waals surface area contributed by atoms with E-state index in [2.05, 4.69) is 5.32 Å². The van der Waals surface area contributed by atoms with Crippen molar-refractivity contribution in [1.82, 2.24) is 9.47 Å². The van der Waals surface area contributed by atoms with Crippen LogP contribution in [-0.2, 0) is 11.3 Å². The number of hydrogen-bond acceptors (Lipinski definition) is 3. The van der Waals surface area contributed by atoms with Gasteiger partial charge in [0.15, 0.2) is 5.43 Å². The summed E-state index contributed by atoms with van der Waals surface area (Å²) in [5.41, 5.74) is 2.05. The fraction of sp³-hybridized carbons (Fsp3) is 0.125. The van der Waals surface area contributed by atoms with E-state index in [9.17, 15) is 14.4 Å². The number of aromatic nitrogens is 1. The normalized spacial score (nSPS) is 10.9. The predicted octanol–water partition coefficient (Wildman–Crippen LogP) is 4.15. The second-order valence-corrected chi connectivity index (χ2v) is 7.80. The van der Waals surface area contributed by atoms with E-state index >= 15 is 0 Å². The van der Waals surface area contributed by atoms with Crippen LogP contribution in [0.25, 0.3) is 21.8 Å². The van der Waals surface area contributed by atoms with E-state index in [0.29, 0.717) is 38.1 Å². The summed E-state index contributed by atoms with van der Waals surface area (Å²) in [4.78, 5) is 39.5. The number of nitrogens with zero attached hydrogens (tertiary/aromatic N) is 2. The van der Waals surface area contributed by atoms with Gasteiger partial charge in [0.25, 0.3) is 5.91 Å². The van der Waals surface area contributed by atoms with Crippen LogP contribution in [0.2, 0.25) is 5.02 Å². The Kier molecular flexibility index (Phi) is 5.48. The molecule has 0 aliphatic carbocycles. The zero-order valence-corrected chi connectivity index (χ0v) is 17.8. The van der Waals surface area contributed by atoms with E-state index in [0.717, 1.165) is 0 Å². The minimum absolute atomic E-state index is 0.0243. The first-order valence-corrected chi connectivity index (χ1v) is 10.1. The molecule has 6 nitrogen and oxygen atoms in total. The summed E-state index contributed by atoms with van der Waals surface area (Å²) in [6, 6.07) is 19.2. The van der Waals surface area contributed by atoms with Crippen LogP contribution in [0.4, 0.5) is 5.69 Å². The highest BCUT2D eigenvalue weighted by atomic mass is 35.5. The Balaban J connectivity index is 1.73. The zero-order valence-electron chi connectivity index (χ0n) is 17.1. The molecule has 2 amide bonds. The van der Waals surface area contributed by atoms with Crippen LogP contribution in [0.1, 0.15) is 10.4 Å². The number of carbonyl (C=O) groups excluding carboxylic acids is 2. The lowest BCUT2D eigenvalue weighted by molar-refractivity contribution is -0.116. The summed E-state index contributed by atoms with van der Waals surface area (Å²) in [6.45, 7) is -0.0243. The van der Waals surface area contributed by atoms with Crippen LogP contribution in [0.3, 0.4) is 0 Å². The largest absolute Gasteiger partial charge is 0.345 e. The van der Waals surface area contributed by atoms with Crippen molar-refractivity contribution in [3.8, 4) is 0 Å². The van der Waals surface area contributed by atoms with Gasteiger partial charge in [-0.25, -0.2) is 0 Å². The molecule has 0 atom stereocenters. The molecule has 0 aliphatic heterocycles. The number of hydrogen-bond donors (Lipinski definition) is 1. The number of anilines is 1. The third-order valence-electron chi connectivity index (χ3n) is 5.07. The maximum absolute atomic E-state index is 13.0. The molecule has 7 heteroatoms. The molecule has 0 radical (unpaired) electrons. The quantitative estimate of drug-likeness (QED) is 0.491. The lowest BCUT2D eigenvalue weighted by Gasteiger charge is -2.16. The standard InChI is InChI=1S/C24H20ClN3O3/c1-27(2)24(31)15-11-12-18(25)19(13-15)26-22(29)14-28-20-9-5-3-7-16(20)23(30)17-8-4-6-10-21(17)28/h3-13H,14H2,1-2H3,(H,26,29). The summed E-state index contributed by atoms with van der Waals surface area (Å²) < 4.78 is 1.81. The predicted molar refractivity (Wildman–Crippen MR) is 124 cm³/mol. The van der Waals surface area contributed by atoms with Crippen LogP contribution >= 0.6 is 11.6 Å². The van der Waals surface area contributed by atoms with Crippen molar-refractivity contribution in [1.29, 1.82) is 0 Å². The highest BCUT2D eigenvalue weighted by molar-refractivity contribution is 6.33. The third-order valence-corrected chi connectivity index (χ3v) is 5.40. The van der Waals surface area contributed by atoms with E-state index in [4.69, 9.17) is 11.6 Å². The van der Waals surface area contributed by atoms with Crippen LogP contribution in [0.15, 0.2) is 71.5 Å². The molecule has 156 valence electrons. The van der Waals surface area contributed by atoms with Crippen LogP contribution in [0, 0.1) is 0 Å². The lowest BCUT2D eigenvalue weighted by Crippen LogP contribution is -2.23. The number of rotatable bonds is 4. The molecule has 0 saturated carbocycles. The molecule has 0 spiro atoms. The van der Waals surface area contributed by atoms with Crippen molar-refractivity contribution in [2.24, 2.45) is 0 Å². The molecule has 3 aromatic carbocycles. The van der Waals surface area contributed by atoms with Gasteiger partial charge in [-0.1, -0.05) is 35.9 Å². The maximum Gasteiger partial charge on any atom is 0.253 e. The molecule has 0 bridgehead atoms. The Labute approximate surface area is 183 Å². The third kappa shape index (κ3) is 3.90. The van der Waals surface area contributed by atoms with Crippen molar-refractivity contribution in [3.63, 3.8) is 0 Å². The SMILES string of the molecule is CN(C)C(=O)c1ccc(Cl)c(NC(=O)Cn2c3ccccc3c(=O)c3ccccc32)c1. The van der Waals surface area contributed by atoms with Gasteiger partial charge in [0, 0.05) is 30.4 Å². The van der Waals surface area contributed by atoms with E-state index in [-0.39, 0.29) is 23.8 Å². The number of benzene rings is 3.